The maximum absolute atomic E-state index is 5.68. The molecule has 104 valence electrons. The van der Waals surface area contributed by atoms with Crippen LogP contribution in [0.2, 0.25) is 0 Å². The average Bonchev–Trinajstić information content (AvgIpc) is 2.95. The van der Waals surface area contributed by atoms with E-state index in [4.69, 9.17) is 10.2 Å². The van der Waals surface area contributed by atoms with Gasteiger partial charge in [-0.3, -0.25) is 0 Å². The molecule has 0 saturated carbocycles. The van der Waals surface area contributed by atoms with Gasteiger partial charge in [0.05, 0.1) is 6.54 Å². The number of hydrogen-bond donors (Lipinski definition) is 1. The Morgan fingerprint density at radius 3 is 2.67 bits per heavy atom. The molecular weight excluding hydrogens is 280 g/mol. The molecule has 3 nitrogen and oxygen atoms in total. The number of thioether (sulfide) groups is 1. The molecule has 0 radical (unpaired) electrons. The molecule has 2 aromatic carbocycles. The number of hydrogen-bond acceptors (Lipinski definition) is 4. The van der Waals surface area contributed by atoms with Crippen LogP contribution in [0.1, 0.15) is 11.1 Å². The SMILES string of the molecule is NCC#Cc1ccc(CSc2nc3ccccc3o2)cc1. The van der Waals surface area contributed by atoms with Crippen molar-refractivity contribution in [3.63, 3.8) is 0 Å². The predicted octanol–water partition coefficient (Wildman–Crippen LogP) is 3.43. The Kier molecular flexibility index (Phi) is 4.25. The first kappa shape index (κ1) is 13.7. The van der Waals surface area contributed by atoms with Crippen molar-refractivity contribution >= 4 is 22.9 Å². The smallest absolute Gasteiger partial charge is 0.257 e. The molecule has 0 unspecified atom stereocenters. The number of benzene rings is 2. The van der Waals surface area contributed by atoms with Crippen LogP contribution in [-0.2, 0) is 5.75 Å². The number of rotatable bonds is 3. The Balaban J connectivity index is 1.66. The van der Waals surface area contributed by atoms with E-state index in [9.17, 15) is 0 Å². The molecule has 2 N–H and O–H groups in total. The Hall–Kier alpha value is -2.22. The molecular formula is C17H14N2OS. The van der Waals surface area contributed by atoms with E-state index >= 15 is 0 Å². The Morgan fingerprint density at radius 1 is 1.10 bits per heavy atom. The van der Waals surface area contributed by atoms with Crippen LogP contribution in [0.4, 0.5) is 0 Å². The lowest BCUT2D eigenvalue weighted by molar-refractivity contribution is 0.489. The molecule has 1 heterocycles. The van der Waals surface area contributed by atoms with Crippen molar-refractivity contribution in [3.8, 4) is 11.8 Å². The number of aromatic nitrogens is 1. The van der Waals surface area contributed by atoms with Crippen molar-refractivity contribution in [2.75, 3.05) is 6.54 Å². The van der Waals surface area contributed by atoms with Crippen LogP contribution in [0.25, 0.3) is 11.1 Å². The standard InChI is InChI=1S/C17H14N2OS/c18-11-3-4-13-7-9-14(10-8-13)12-21-17-19-15-5-1-2-6-16(15)20-17/h1-2,5-10H,11-12,18H2. The van der Waals surface area contributed by atoms with Crippen molar-refractivity contribution < 1.29 is 4.42 Å². The average molecular weight is 294 g/mol. The van der Waals surface area contributed by atoms with E-state index in [0.29, 0.717) is 11.8 Å². The Morgan fingerprint density at radius 2 is 1.90 bits per heavy atom. The van der Waals surface area contributed by atoms with Crippen molar-refractivity contribution in [1.29, 1.82) is 0 Å². The van der Waals surface area contributed by atoms with Gasteiger partial charge in [0, 0.05) is 11.3 Å². The first-order valence-electron chi connectivity index (χ1n) is 6.61. The predicted molar refractivity (Wildman–Crippen MR) is 85.9 cm³/mol. The van der Waals surface area contributed by atoms with Crippen LogP contribution in [0, 0.1) is 11.8 Å². The summed E-state index contributed by atoms with van der Waals surface area (Å²) in [5.41, 5.74) is 9.27. The zero-order valence-electron chi connectivity index (χ0n) is 11.4. The second kappa shape index (κ2) is 6.49. The zero-order chi connectivity index (χ0) is 14.5. The molecule has 0 saturated heterocycles. The highest BCUT2D eigenvalue weighted by Crippen LogP contribution is 2.26. The van der Waals surface area contributed by atoms with E-state index < -0.39 is 0 Å². The van der Waals surface area contributed by atoms with Gasteiger partial charge in [-0.05, 0) is 29.8 Å². The summed E-state index contributed by atoms with van der Waals surface area (Å²) in [7, 11) is 0. The molecule has 0 aliphatic rings. The topological polar surface area (TPSA) is 52.0 Å². The normalized spacial score (nSPS) is 10.3. The van der Waals surface area contributed by atoms with Gasteiger partial charge >= 0.3 is 0 Å². The minimum Gasteiger partial charge on any atom is -0.431 e. The first-order valence-corrected chi connectivity index (χ1v) is 7.60. The summed E-state index contributed by atoms with van der Waals surface area (Å²) in [5.74, 6) is 6.67. The summed E-state index contributed by atoms with van der Waals surface area (Å²) in [6.45, 7) is 0.384. The van der Waals surface area contributed by atoms with Gasteiger partial charge in [-0.15, -0.1) is 0 Å². The number of para-hydroxylation sites is 2. The van der Waals surface area contributed by atoms with Crippen molar-refractivity contribution in [1.82, 2.24) is 4.98 Å². The van der Waals surface area contributed by atoms with Gasteiger partial charge in [-0.2, -0.15) is 0 Å². The Bertz CT molecular complexity index is 764. The largest absolute Gasteiger partial charge is 0.431 e. The molecule has 1 aromatic heterocycles. The molecule has 0 fully saturated rings. The van der Waals surface area contributed by atoms with E-state index in [0.717, 1.165) is 22.4 Å². The second-order valence-corrected chi connectivity index (χ2v) is 5.37. The summed E-state index contributed by atoms with van der Waals surface area (Å²) in [5, 5.41) is 0.697. The van der Waals surface area contributed by atoms with E-state index in [2.05, 4.69) is 29.0 Å². The van der Waals surface area contributed by atoms with Gasteiger partial charge in [0.1, 0.15) is 5.52 Å². The maximum atomic E-state index is 5.68. The van der Waals surface area contributed by atoms with Crippen molar-refractivity contribution in [2.45, 2.75) is 11.0 Å². The highest BCUT2D eigenvalue weighted by Gasteiger charge is 2.05. The number of oxazole rings is 1. The summed E-state index contributed by atoms with van der Waals surface area (Å²) in [6, 6.07) is 15.9. The van der Waals surface area contributed by atoms with Gasteiger partial charge in [-0.25, -0.2) is 4.98 Å². The summed E-state index contributed by atoms with van der Waals surface area (Å²) < 4.78 is 5.68. The van der Waals surface area contributed by atoms with Gasteiger partial charge in [-0.1, -0.05) is 47.9 Å². The van der Waals surface area contributed by atoms with Crippen LogP contribution < -0.4 is 5.73 Å². The number of nitrogens with two attached hydrogens (primary N) is 1. The van der Waals surface area contributed by atoms with Crippen LogP contribution in [0.5, 0.6) is 0 Å². The van der Waals surface area contributed by atoms with Gasteiger partial charge in [0.25, 0.3) is 5.22 Å². The van der Waals surface area contributed by atoms with E-state index in [1.807, 2.05) is 36.4 Å². The van der Waals surface area contributed by atoms with Gasteiger partial charge < -0.3 is 10.2 Å². The fourth-order valence-corrected chi connectivity index (χ4v) is 2.69. The van der Waals surface area contributed by atoms with Crippen LogP contribution in [0.15, 0.2) is 58.2 Å². The fraction of sp³-hybridized carbons (Fsp3) is 0.118. The molecule has 4 heteroatoms. The zero-order valence-corrected chi connectivity index (χ0v) is 12.2. The highest BCUT2D eigenvalue weighted by atomic mass is 32.2. The minimum atomic E-state index is 0.384. The number of fused-ring (bicyclic) bond motifs is 1. The van der Waals surface area contributed by atoms with Crippen molar-refractivity contribution in [3.05, 3.63) is 59.7 Å². The molecule has 0 atom stereocenters. The summed E-state index contributed by atoms with van der Waals surface area (Å²) >= 11 is 1.59. The van der Waals surface area contributed by atoms with Gasteiger partial charge in [0.2, 0.25) is 0 Å². The third-order valence-electron chi connectivity index (χ3n) is 2.93. The minimum absolute atomic E-state index is 0.384. The van der Waals surface area contributed by atoms with Crippen LogP contribution in [-0.4, -0.2) is 11.5 Å². The third kappa shape index (κ3) is 3.46. The van der Waals surface area contributed by atoms with E-state index in [1.54, 1.807) is 11.8 Å². The molecule has 0 bridgehead atoms. The maximum Gasteiger partial charge on any atom is 0.257 e. The second-order valence-electron chi connectivity index (χ2n) is 4.44. The van der Waals surface area contributed by atoms with E-state index in [-0.39, 0.29) is 0 Å². The number of nitrogens with zero attached hydrogens (tertiary/aromatic N) is 1. The van der Waals surface area contributed by atoms with E-state index in [1.165, 1.54) is 5.56 Å². The molecule has 0 spiro atoms. The molecule has 3 aromatic rings. The quantitative estimate of drug-likeness (QED) is 0.594. The third-order valence-corrected chi connectivity index (χ3v) is 3.82. The van der Waals surface area contributed by atoms with Crippen LogP contribution in [0.3, 0.4) is 0 Å². The summed E-state index contributed by atoms with van der Waals surface area (Å²) in [4.78, 5) is 4.45. The lowest BCUT2D eigenvalue weighted by Crippen LogP contribution is -1.93. The molecule has 0 aliphatic carbocycles. The Labute approximate surface area is 127 Å². The molecule has 0 aliphatic heterocycles. The molecule has 3 rings (SSSR count). The van der Waals surface area contributed by atoms with Crippen LogP contribution >= 0.6 is 11.8 Å². The summed E-state index contributed by atoms with van der Waals surface area (Å²) in [6.07, 6.45) is 0. The lowest BCUT2D eigenvalue weighted by Gasteiger charge is -1.98. The monoisotopic (exact) mass is 294 g/mol. The lowest BCUT2D eigenvalue weighted by atomic mass is 10.1. The van der Waals surface area contributed by atoms with Gasteiger partial charge in [0.15, 0.2) is 5.58 Å². The fourth-order valence-electron chi connectivity index (χ4n) is 1.90. The highest BCUT2D eigenvalue weighted by molar-refractivity contribution is 7.98. The molecule has 0 amide bonds. The van der Waals surface area contributed by atoms with Crippen molar-refractivity contribution in [2.24, 2.45) is 5.73 Å². The molecule has 21 heavy (non-hydrogen) atoms. The first-order chi connectivity index (χ1) is 10.3.